The number of nitrogens with zero attached hydrogens (tertiary/aromatic N) is 1. The lowest BCUT2D eigenvalue weighted by atomic mass is 9.78. The topological polar surface area (TPSA) is 57.6 Å². The first-order valence-electron chi connectivity index (χ1n) is 10.1. The molecule has 1 heterocycles. The third-order valence-corrected chi connectivity index (χ3v) is 6.80. The number of imide groups is 1. The maximum absolute atomic E-state index is 13.0. The number of benzene rings is 2. The van der Waals surface area contributed by atoms with Crippen LogP contribution < -0.4 is 0 Å². The number of carbonyl (C=O) groups excluding carboxylic acids is 2. The quantitative estimate of drug-likeness (QED) is 0.337. The summed E-state index contributed by atoms with van der Waals surface area (Å²) in [7, 11) is 0. The van der Waals surface area contributed by atoms with Crippen LogP contribution in [0, 0.1) is 3.57 Å². The minimum absolute atomic E-state index is 0.259. The largest absolute Gasteiger partial charge is 0.507 e. The Morgan fingerprint density at radius 2 is 1.48 bits per heavy atom. The smallest absolute Gasteiger partial charge is 0.293 e. The van der Waals surface area contributed by atoms with Crippen molar-refractivity contribution in [1.82, 2.24) is 4.90 Å². The maximum Gasteiger partial charge on any atom is 0.293 e. The fraction of sp³-hybridized carbons (Fsp3) is 0.360. The van der Waals surface area contributed by atoms with Gasteiger partial charge in [0.25, 0.3) is 11.1 Å². The Morgan fingerprint density at radius 1 is 0.968 bits per heavy atom. The molecule has 0 radical (unpaired) electrons. The Balaban J connectivity index is 1.98. The Morgan fingerprint density at radius 3 is 1.97 bits per heavy atom. The van der Waals surface area contributed by atoms with E-state index in [0.717, 1.165) is 37.6 Å². The molecular weight excluding hydrogens is 521 g/mol. The first kappa shape index (κ1) is 23.9. The summed E-state index contributed by atoms with van der Waals surface area (Å²) in [6.07, 6.45) is 1.77. The summed E-state index contributed by atoms with van der Waals surface area (Å²) in [5.41, 5.74) is 2.84. The Labute approximate surface area is 202 Å². The molecule has 2 amide bonds. The molecule has 31 heavy (non-hydrogen) atoms. The zero-order chi connectivity index (χ0) is 23.1. The second-order valence-electron chi connectivity index (χ2n) is 9.86. The summed E-state index contributed by atoms with van der Waals surface area (Å²) >= 11 is 3.19. The molecule has 3 rings (SSSR count). The molecule has 0 aliphatic carbocycles. The van der Waals surface area contributed by atoms with E-state index in [1.54, 1.807) is 6.08 Å². The monoisotopic (exact) mass is 549 g/mol. The van der Waals surface area contributed by atoms with Gasteiger partial charge in [0, 0.05) is 14.7 Å². The second-order valence-corrected chi connectivity index (χ2v) is 12.1. The van der Waals surface area contributed by atoms with E-state index >= 15 is 0 Å². The van der Waals surface area contributed by atoms with Gasteiger partial charge in [-0.15, -0.1) is 0 Å². The summed E-state index contributed by atoms with van der Waals surface area (Å²) in [4.78, 5) is 27.2. The van der Waals surface area contributed by atoms with Crippen molar-refractivity contribution in [2.45, 2.75) is 58.9 Å². The van der Waals surface area contributed by atoms with Gasteiger partial charge in [-0.2, -0.15) is 0 Å². The lowest BCUT2D eigenvalue weighted by Gasteiger charge is -2.28. The van der Waals surface area contributed by atoms with Crippen molar-refractivity contribution in [1.29, 1.82) is 0 Å². The molecule has 0 unspecified atom stereocenters. The van der Waals surface area contributed by atoms with Gasteiger partial charge in [-0.3, -0.25) is 14.5 Å². The zero-order valence-electron chi connectivity index (χ0n) is 18.7. The summed E-state index contributed by atoms with van der Waals surface area (Å²) in [5.74, 6) is 0.0141. The van der Waals surface area contributed by atoms with Gasteiger partial charge >= 0.3 is 0 Å². The van der Waals surface area contributed by atoms with Crippen molar-refractivity contribution in [2.24, 2.45) is 0 Å². The van der Waals surface area contributed by atoms with Crippen LogP contribution in [0.1, 0.15) is 63.8 Å². The van der Waals surface area contributed by atoms with Crippen LogP contribution in [0.5, 0.6) is 5.75 Å². The molecule has 0 aromatic heterocycles. The number of hydrogen-bond acceptors (Lipinski definition) is 4. The lowest BCUT2D eigenvalue weighted by Crippen LogP contribution is -2.27. The van der Waals surface area contributed by atoms with Crippen molar-refractivity contribution in [3.63, 3.8) is 0 Å². The molecule has 0 atom stereocenters. The Hall–Kier alpha value is -1.80. The number of phenols is 1. The predicted octanol–water partition coefficient (Wildman–Crippen LogP) is 6.83. The first-order chi connectivity index (χ1) is 14.3. The molecule has 0 bridgehead atoms. The van der Waals surface area contributed by atoms with E-state index in [9.17, 15) is 14.7 Å². The van der Waals surface area contributed by atoms with Crippen LogP contribution in [0.25, 0.3) is 6.08 Å². The van der Waals surface area contributed by atoms with E-state index in [1.165, 1.54) is 4.90 Å². The number of carbonyl (C=O) groups is 2. The van der Waals surface area contributed by atoms with Crippen LogP contribution >= 0.6 is 34.4 Å². The van der Waals surface area contributed by atoms with Gasteiger partial charge < -0.3 is 5.11 Å². The first-order valence-corrected chi connectivity index (χ1v) is 12.0. The van der Waals surface area contributed by atoms with Gasteiger partial charge in [-0.25, -0.2) is 0 Å². The van der Waals surface area contributed by atoms with Crippen molar-refractivity contribution in [3.05, 3.63) is 67.1 Å². The zero-order valence-corrected chi connectivity index (χ0v) is 21.7. The van der Waals surface area contributed by atoms with Crippen LogP contribution in [0.15, 0.2) is 41.3 Å². The van der Waals surface area contributed by atoms with Gasteiger partial charge in [-0.05, 0) is 86.7 Å². The summed E-state index contributed by atoms with van der Waals surface area (Å²) in [6.45, 7) is 12.6. The number of amides is 2. The van der Waals surface area contributed by atoms with Crippen LogP contribution in [-0.4, -0.2) is 21.2 Å². The average molecular weight is 549 g/mol. The molecule has 1 aliphatic rings. The maximum atomic E-state index is 13.0. The molecule has 1 aliphatic heterocycles. The van der Waals surface area contributed by atoms with Crippen molar-refractivity contribution in [2.75, 3.05) is 0 Å². The highest BCUT2D eigenvalue weighted by Crippen LogP contribution is 2.41. The SMILES string of the molecule is CC(C)(C)c1cc(/C=C2\SC(=O)N(Cc3ccc(I)cc3)C2=O)cc(C(C)(C)C)c1O. The molecule has 1 saturated heterocycles. The van der Waals surface area contributed by atoms with E-state index < -0.39 is 0 Å². The van der Waals surface area contributed by atoms with Gasteiger partial charge in [0.15, 0.2) is 0 Å². The molecule has 6 heteroatoms. The van der Waals surface area contributed by atoms with Crippen molar-refractivity contribution >= 4 is 51.6 Å². The standard InChI is InChI=1S/C25H28INO3S/c1-24(2,3)18-11-16(12-19(21(18)28)25(4,5)6)13-20-22(29)27(23(30)31-20)14-15-7-9-17(26)10-8-15/h7-13,28H,14H2,1-6H3/b20-13-. The summed E-state index contributed by atoms with van der Waals surface area (Å²) in [5, 5.41) is 10.6. The number of halogens is 1. The van der Waals surface area contributed by atoms with Crippen molar-refractivity contribution < 1.29 is 14.7 Å². The molecule has 2 aromatic carbocycles. The molecule has 4 nitrogen and oxygen atoms in total. The van der Waals surface area contributed by atoms with Crippen LogP contribution in [0.4, 0.5) is 4.79 Å². The third-order valence-electron chi connectivity index (χ3n) is 5.17. The molecule has 1 fully saturated rings. The fourth-order valence-corrected chi connectivity index (χ4v) is 4.64. The van der Waals surface area contributed by atoms with E-state index in [1.807, 2.05) is 77.9 Å². The highest BCUT2D eigenvalue weighted by molar-refractivity contribution is 14.1. The fourth-order valence-electron chi connectivity index (χ4n) is 3.44. The number of hydrogen-bond donors (Lipinski definition) is 1. The van der Waals surface area contributed by atoms with E-state index in [-0.39, 0.29) is 28.5 Å². The van der Waals surface area contributed by atoms with Gasteiger partial charge in [0.05, 0.1) is 11.4 Å². The number of thioether (sulfide) groups is 1. The van der Waals surface area contributed by atoms with Gasteiger partial charge in [-0.1, -0.05) is 53.7 Å². The highest BCUT2D eigenvalue weighted by atomic mass is 127. The highest BCUT2D eigenvalue weighted by Gasteiger charge is 2.35. The second kappa shape index (κ2) is 8.62. The van der Waals surface area contributed by atoms with Gasteiger partial charge in [0.1, 0.15) is 5.75 Å². The lowest BCUT2D eigenvalue weighted by molar-refractivity contribution is -0.123. The molecule has 0 saturated carbocycles. The number of aromatic hydroxyl groups is 1. The summed E-state index contributed by atoms with van der Waals surface area (Å²) in [6, 6.07) is 11.6. The van der Waals surface area contributed by atoms with E-state index in [4.69, 9.17) is 0 Å². The van der Waals surface area contributed by atoms with E-state index in [0.29, 0.717) is 10.7 Å². The molecular formula is C25H28INO3S. The van der Waals surface area contributed by atoms with Gasteiger partial charge in [0.2, 0.25) is 0 Å². The minimum atomic E-state index is -0.281. The molecule has 2 aromatic rings. The van der Waals surface area contributed by atoms with Crippen LogP contribution in [-0.2, 0) is 22.2 Å². The summed E-state index contributed by atoms with van der Waals surface area (Å²) < 4.78 is 1.10. The van der Waals surface area contributed by atoms with E-state index in [2.05, 4.69) is 22.6 Å². The number of phenolic OH excluding ortho intramolecular Hbond substituents is 1. The average Bonchev–Trinajstić information content (AvgIpc) is 2.90. The third kappa shape index (κ3) is 5.34. The molecule has 1 N–H and O–H groups in total. The van der Waals surface area contributed by atoms with Crippen LogP contribution in [0.2, 0.25) is 0 Å². The normalized spacial score (nSPS) is 16.5. The van der Waals surface area contributed by atoms with Crippen molar-refractivity contribution in [3.8, 4) is 5.75 Å². The Bertz CT molecular complexity index is 1020. The minimum Gasteiger partial charge on any atom is -0.507 e. The Kier molecular flexibility index (Phi) is 6.63. The molecule has 0 spiro atoms. The van der Waals surface area contributed by atoms with Crippen LogP contribution in [0.3, 0.4) is 0 Å². The predicted molar refractivity (Wildman–Crippen MR) is 136 cm³/mol. The molecule has 164 valence electrons. The number of rotatable bonds is 3.